The van der Waals surface area contributed by atoms with Crippen molar-refractivity contribution >= 4 is 5.82 Å². The highest BCUT2D eigenvalue weighted by Crippen LogP contribution is 2.27. The summed E-state index contributed by atoms with van der Waals surface area (Å²) in [6.45, 7) is 4.37. The minimum atomic E-state index is -4.43. The van der Waals surface area contributed by atoms with Crippen molar-refractivity contribution in [1.29, 1.82) is 0 Å². The zero-order chi connectivity index (χ0) is 13.9. The molecule has 1 rings (SSSR count). The number of aromatic nitrogens is 2. The van der Waals surface area contributed by atoms with Crippen molar-refractivity contribution in [3.05, 3.63) is 11.4 Å². The summed E-state index contributed by atoms with van der Waals surface area (Å²) in [6.07, 6.45) is -5.05. The largest absolute Gasteiger partial charge is 0.465 e. The lowest BCUT2D eigenvalue weighted by atomic mass is 10.3. The van der Waals surface area contributed by atoms with Gasteiger partial charge >= 0.3 is 6.18 Å². The van der Waals surface area contributed by atoms with Crippen molar-refractivity contribution in [2.75, 3.05) is 5.73 Å². The standard InChI is InChI=1S/C11H16F3N3O/c1-4-5-8-16-9(15)6(2)10(17-8)18-7(3)11(12,13)14/h7H,4-5H2,1-3H3,(H2,15,16,17). The molecule has 0 aliphatic carbocycles. The van der Waals surface area contributed by atoms with Gasteiger partial charge in [0.2, 0.25) is 5.88 Å². The van der Waals surface area contributed by atoms with Crippen molar-refractivity contribution in [1.82, 2.24) is 9.97 Å². The normalized spacial score (nSPS) is 13.4. The van der Waals surface area contributed by atoms with Gasteiger partial charge in [0.15, 0.2) is 6.10 Å². The fourth-order valence-electron chi connectivity index (χ4n) is 1.24. The minimum Gasteiger partial charge on any atom is -0.465 e. The van der Waals surface area contributed by atoms with Crippen LogP contribution in [0.3, 0.4) is 0 Å². The second-order valence-corrected chi connectivity index (χ2v) is 4.01. The van der Waals surface area contributed by atoms with Crippen molar-refractivity contribution in [2.24, 2.45) is 0 Å². The maximum absolute atomic E-state index is 12.4. The van der Waals surface area contributed by atoms with Gasteiger partial charge < -0.3 is 10.5 Å². The van der Waals surface area contributed by atoms with Crippen LogP contribution in [0.1, 0.15) is 31.7 Å². The molecule has 7 heteroatoms. The van der Waals surface area contributed by atoms with E-state index in [2.05, 4.69) is 9.97 Å². The molecule has 2 N–H and O–H groups in total. The molecule has 0 aliphatic rings. The molecule has 0 bridgehead atoms. The van der Waals surface area contributed by atoms with E-state index in [4.69, 9.17) is 10.5 Å². The van der Waals surface area contributed by atoms with Gasteiger partial charge in [-0.05, 0) is 20.3 Å². The first kappa shape index (κ1) is 14.5. The van der Waals surface area contributed by atoms with Crippen LogP contribution < -0.4 is 10.5 Å². The molecule has 18 heavy (non-hydrogen) atoms. The fraction of sp³-hybridized carbons (Fsp3) is 0.636. The topological polar surface area (TPSA) is 61.0 Å². The van der Waals surface area contributed by atoms with Crippen LogP contribution in [0.5, 0.6) is 5.88 Å². The van der Waals surface area contributed by atoms with E-state index in [1.54, 1.807) is 0 Å². The summed E-state index contributed by atoms with van der Waals surface area (Å²) in [6, 6.07) is 0. The number of anilines is 1. The van der Waals surface area contributed by atoms with Crippen LogP contribution in [-0.4, -0.2) is 22.2 Å². The molecule has 1 atom stereocenters. The molecule has 1 aromatic rings. The maximum Gasteiger partial charge on any atom is 0.425 e. The Hall–Kier alpha value is -1.53. The highest BCUT2D eigenvalue weighted by molar-refractivity contribution is 5.44. The first-order valence-electron chi connectivity index (χ1n) is 5.62. The number of hydrogen-bond acceptors (Lipinski definition) is 4. The first-order chi connectivity index (χ1) is 8.25. The monoisotopic (exact) mass is 263 g/mol. The Bertz CT molecular complexity index is 421. The zero-order valence-electron chi connectivity index (χ0n) is 10.5. The summed E-state index contributed by atoms with van der Waals surface area (Å²) in [7, 11) is 0. The van der Waals surface area contributed by atoms with Crippen LogP contribution in [0.4, 0.5) is 19.0 Å². The zero-order valence-corrected chi connectivity index (χ0v) is 10.5. The second-order valence-electron chi connectivity index (χ2n) is 4.01. The molecule has 0 radical (unpaired) electrons. The molecule has 4 nitrogen and oxygen atoms in total. The van der Waals surface area contributed by atoms with E-state index in [0.29, 0.717) is 17.8 Å². The number of nitrogens with zero attached hydrogens (tertiary/aromatic N) is 2. The van der Waals surface area contributed by atoms with Crippen LogP contribution in [0.2, 0.25) is 0 Å². The molecule has 0 saturated heterocycles. The highest BCUT2D eigenvalue weighted by Gasteiger charge is 2.38. The third-order valence-corrected chi connectivity index (χ3v) is 2.41. The Labute approximate surface area is 103 Å². The third-order valence-electron chi connectivity index (χ3n) is 2.41. The van der Waals surface area contributed by atoms with Gasteiger partial charge in [0.25, 0.3) is 0 Å². The van der Waals surface area contributed by atoms with Crippen molar-refractivity contribution in [3.8, 4) is 5.88 Å². The Balaban J connectivity index is 3.00. The van der Waals surface area contributed by atoms with Gasteiger partial charge in [0, 0.05) is 6.42 Å². The van der Waals surface area contributed by atoms with Crippen LogP contribution in [0.15, 0.2) is 0 Å². The van der Waals surface area contributed by atoms with Crippen molar-refractivity contribution < 1.29 is 17.9 Å². The number of halogens is 3. The van der Waals surface area contributed by atoms with E-state index < -0.39 is 12.3 Å². The summed E-state index contributed by atoms with van der Waals surface area (Å²) in [5.41, 5.74) is 5.95. The lowest BCUT2D eigenvalue weighted by Crippen LogP contribution is -2.32. The molecule has 102 valence electrons. The third kappa shape index (κ3) is 3.48. The summed E-state index contributed by atoms with van der Waals surface area (Å²) in [5.74, 6) is 0.443. The predicted molar refractivity (Wildman–Crippen MR) is 61.3 cm³/mol. The number of ether oxygens (including phenoxy) is 1. The van der Waals surface area contributed by atoms with Gasteiger partial charge in [0.05, 0.1) is 5.56 Å². The van der Waals surface area contributed by atoms with Gasteiger partial charge in [-0.25, -0.2) is 4.98 Å². The van der Waals surface area contributed by atoms with Crippen LogP contribution in [-0.2, 0) is 6.42 Å². The van der Waals surface area contributed by atoms with Crippen LogP contribution in [0, 0.1) is 6.92 Å². The average Bonchev–Trinajstić information content (AvgIpc) is 2.24. The summed E-state index contributed by atoms with van der Waals surface area (Å²) in [5, 5.41) is 0. The van der Waals surface area contributed by atoms with E-state index in [0.717, 1.165) is 13.3 Å². The molecule has 0 aromatic carbocycles. The van der Waals surface area contributed by atoms with Crippen LogP contribution in [0.25, 0.3) is 0 Å². The van der Waals surface area contributed by atoms with Gasteiger partial charge in [-0.1, -0.05) is 6.92 Å². The molecule has 1 unspecified atom stereocenters. The second kappa shape index (κ2) is 5.41. The minimum absolute atomic E-state index is 0.101. The Morgan fingerprint density at radius 3 is 2.44 bits per heavy atom. The van der Waals surface area contributed by atoms with E-state index in [1.165, 1.54) is 6.92 Å². The smallest absolute Gasteiger partial charge is 0.425 e. The van der Waals surface area contributed by atoms with Gasteiger partial charge in [-0.15, -0.1) is 0 Å². The van der Waals surface area contributed by atoms with E-state index in [-0.39, 0.29) is 11.7 Å². The summed E-state index contributed by atoms with van der Waals surface area (Å²) < 4.78 is 42.1. The Kier molecular flexibility index (Phi) is 4.37. The number of aryl methyl sites for hydroxylation is 1. The number of alkyl halides is 3. The fourth-order valence-corrected chi connectivity index (χ4v) is 1.24. The van der Waals surface area contributed by atoms with Crippen molar-refractivity contribution in [3.63, 3.8) is 0 Å². The highest BCUT2D eigenvalue weighted by atomic mass is 19.4. The number of nitrogens with two attached hydrogens (primary N) is 1. The first-order valence-corrected chi connectivity index (χ1v) is 5.62. The number of hydrogen-bond donors (Lipinski definition) is 1. The molecule has 1 aromatic heterocycles. The molecule has 0 fully saturated rings. The lowest BCUT2D eigenvalue weighted by molar-refractivity contribution is -0.190. The van der Waals surface area contributed by atoms with Gasteiger partial charge in [-0.2, -0.15) is 18.2 Å². The summed E-state index contributed by atoms with van der Waals surface area (Å²) >= 11 is 0. The number of rotatable bonds is 4. The van der Waals surface area contributed by atoms with Gasteiger partial charge in [-0.3, -0.25) is 0 Å². The molecule has 0 saturated carbocycles. The van der Waals surface area contributed by atoms with E-state index in [9.17, 15) is 13.2 Å². The van der Waals surface area contributed by atoms with E-state index >= 15 is 0 Å². The molecular formula is C11H16F3N3O. The molecule has 1 heterocycles. The summed E-state index contributed by atoms with van der Waals surface area (Å²) in [4.78, 5) is 7.96. The maximum atomic E-state index is 12.4. The predicted octanol–water partition coefficient (Wildman–Crippen LogP) is 2.65. The van der Waals surface area contributed by atoms with Gasteiger partial charge in [0.1, 0.15) is 11.6 Å². The average molecular weight is 263 g/mol. The molecule has 0 amide bonds. The Morgan fingerprint density at radius 2 is 1.94 bits per heavy atom. The number of nitrogen functional groups attached to an aromatic ring is 1. The molecular weight excluding hydrogens is 247 g/mol. The molecule has 0 spiro atoms. The SMILES string of the molecule is CCCc1nc(N)c(C)c(OC(C)C(F)(F)F)n1. The van der Waals surface area contributed by atoms with Crippen LogP contribution >= 0.6 is 0 Å². The Morgan fingerprint density at radius 1 is 1.33 bits per heavy atom. The lowest BCUT2D eigenvalue weighted by Gasteiger charge is -2.18. The molecule has 0 aliphatic heterocycles. The van der Waals surface area contributed by atoms with E-state index in [1.807, 2.05) is 6.92 Å². The van der Waals surface area contributed by atoms with Crippen molar-refractivity contribution in [2.45, 2.75) is 45.9 Å². The quantitative estimate of drug-likeness (QED) is 0.907.